The van der Waals surface area contributed by atoms with Crippen molar-refractivity contribution in [3.63, 3.8) is 0 Å². The topological polar surface area (TPSA) is 30.7 Å². The van der Waals surface area contributed by atoms with Crippen molar-refractivity contribution in [3.05, 3.63) is 42.5 Å². The molecular formula is C12H15N3. The summed E-state index contributed by atoms with van der Waals surface area (Å²) in [6, 6.07) is 3.92. The van der Waals surface area contributed by atoms with Crippen molar-refractivity contribution in [2.24, 2.45) is 0 Å². The molecule has 3 heteroatoms. The molecule has 2 aromatic rings. The van der Waals surface area contributed by atoms with E-state index in [4.69, 9.17) is 0 Å². The molecule has 0 aliphatic carbocycles. The lowest BCUT2D eigenvalue weighted by Gasteiger charge is -2.21. The van der Waals surface area contributed by atoms with E-state index in [1.54, 1.807) is 12.4 Å². The molecular weight excluding hydrogens is 186 g/mol. The Morgan fingerprint density at radius 1 is 1.20 bits per heavy atom. The molecule has 2 rings (SSSR count). The largest absolute Gasteiger partial charge is 0.264 e. The molecule has 0 unspecified atom stereocenters. The third-order valence-electron chi connectivity index (χ3n) is 2.36. The van der Waals surface area contributed by atoms with E-state index in [-0.39, 0.29) is 5.41 Å². The van der Waals surface area contributed by atoms with E-state index in [0.29, 0.717) is 0 Å². The standard InChI is InChI=1S/C12H15N3/c1-12(2,3)10-9-13-7-5-11(10)15-8-4-6-14-15/h4-9H,1-3H3. The molecule has 0 spiro atoms. The van der Waals surface area contributed by atoms with Crippen LogP contribution in [0.2, 0.25) is 0 Å². The van der Waals surface area contributed by atoms with Crippen LogP contribution in [0.25, 0.3) is 5.69 Å². The molecule has 0 saturated heterocycles. The van der Waals surface area contributed by atoms with Gasteiger partial charge in [-0.15, -0.1) is 0 Å². The lowest BCUT2D eigenvalue weighted by atomic mass is 9.87. The molecule has 0 radical (unpaired) electrons. The molecule has 0 saturated carbocycles. The van der Waals surface area contributed by atoms with Gasteiger partial charge < -0.3 is 0 Å². The maximum atomic E-state index is 4.25. The number of hydrogen-bond donors (Lipinski definition) is 0. The molecule has 0 N–H and O–H groups in total. The normalized spacial score (nSPS) is 11.7. The fraction of sp³-hybridized carbons (Fsp3) is 0.333. The number of rotatable bonds is 1. The Hall–Kier alpha value is -1.64. The predicted octanol–water partition coefficient (Wildman–Crippen LogP) is 2.56. The number of pyridine rings is 1. The number of nitrogens with zero attached hydrogens (tertiary/aromatic N) is 3. The highest BCUT2D eigenvalue weighted by Gasteiger charge is 2.18. The number of aromatic nitrogens is 3. The van der Waals surface area contributed by atoms with Crippen molar-refractivity contribution in [1.82, 2.24) is 14.8 Å². The summed E-state index contributed by atoms with van der Waals surface area (Å²) in [6.07, 6.45) is 7.45. The molecule has 78 valence electrons. The molecule has 0 bridgehead atoms. The molecule has 0 aromatic carbocycles. The van der Waals surface area contributed by atoms with E-state index in [0.717, 1.165) is 5.69 Å². The third kappa shape index (κ3) is 1.91. The van der Waals surface area contributed by atoms with Gasteiger partial charge in [-0.1, -0.05) is 20.8 Å². The van der Waals surface area contributed by atoms with Crippen LogP contribution >= 0.6 is 0 Å². The fourth-order valence-electron chi connectivity index (χ4n) is 1.58. The monoisotopic (exact) mass is 201 g/mol. The van der Waals surface area contributed by atoms with Crippen molar-refractivity contribution in [2.45, 2.75) is 26.2 Å². The lowest BCUT2D eigenvalue weighted by Crippen LogP contribution is -2.15. The molecule has 3 nitrogen and oxygen atoms in total. The maximum absolute atomic E-state index is 4.25. The average Bonchev–Trinajstić information content (AvgIpc) is 2.69. The van der Waals surface area contributed by atoms with Crippen LogP contribution in [0.3, 0.4) is 0 Å². The van der Waals surface area contributed by atoms with E-state index in [2.05, 4.69) is 30.9 Å². The van der Waals surface area contributed by atoms with Gasteiger partial charge in [0.1, 0.15) is 0 Å². The minimum atomic E-state index is 0.0789. The maximum Gasteiger partial charge on any atom is 0.0713 e. The SMILES string of the molecule is CC(C)(C)c1cnccc1-n1cccn1. The van der Waals surface area contributed by atoms with E-state index in [1.807, 2.05) is 29.2 Å². The molecule has 0 aliphatic rings. The second kappa shape index (κ2) is 3.50. The van der Waals surface area contributed by atoms with Crippen molar-refractivity contribution in [2.75, 3.05) is 0 Å². The first kappa shape index (κ1) is 9.90. The highest BCUT2D eigenvalue weighted by atomic mass is 15.3. The van der Waals surface area contributed by atoms with Crippen LogP contribution in [0.15, 0.2) is 36.9 Å². The Labute approximate surface area is 89.8 Å². The highest BCUT2D eigenvalue weighted by Crippen LogP contribution is 2.26. The Morgan fingerprint density at radius 2 is 2.00 bits per heavy atom. The van der Waals surface area contributed by atoms with E-state index in [9.17, 15) is 0 Å². The van der Waals surface area contributed by atoms with Gasteiger partial charge >= 0.3 is 0 Å². The van der Waals surface area contributed by atoms with E-state index < -0.39 is 0 Å². The number of hydrogen-bond acceptors (Lipinski definition) is 2. The van der Waals surface area contributed by atoms with Gasteiger partial charge in [-0.2, -0.15) is 5.10 Å². The van der Waals surface area contributed by atoms with Gasteiger partial charge in [-0.25, -0.2) is 4.68 Å². The van der Waals surface area contributed by atoms with E-state index >= 15 is 0 Å². The lowest BCUT2D eigenvalue weighted by molar-refractivity contribution is 0.580. The molecule has 0 fully saturated rings. The smallest absolute Gasteiger partial charge is 0.0713 e. The Kier molecular flexibility index (Phi) is 2.31. The van der Waals surface area contributed by atoms with Crippen LogP contribution in [0.5, 0.6) is 0 Å². The van der Waals surface area contributed by atoms with E-state index in [1.165, 1.54) is 5.56 Å². The predicted molar refractivity (Wildman–Crippen MR) is 60.1 cm³/mol. The van der Waals surface area contributed by atoms with Gasteiger partial charge in [-0.05, 0) is 17.5 Å². The van der Waals surface area contributed by atoms with Crippen LogP contribution in [0.4, 0.5) is 0 Å². The second-order valence-corrected chi connectivity index (χ2v) is 4.59. The van der Waals surface area contributed by atoms with Crippen molar-refractivity contribution in [3.8, 4) is 5.69 Å². The van der Waals surface area contributed by atoms with Crippen LogP contribution < -0.4 is 0 Å². The summed E-state index contributed by atoms with van der Waals surface area (Å²) in [4.78, 5) is 4.18. The average molecular weight is 201 g/mol. The van der Waals surface area contributed by atoms with Crippen molar-refractivity contribution in [1.29, 1.82) is 0 Å². The second-order valence-electron chi connectivity index (χ2n) is 4.59. The van der Waals surface area contributed by atoms with Crippen molar-refractivity contribution >= 4 is 0 Å². The molecule has 0 amide bonds. The van der Waals surface area contributed by atoms with Gasteiger partial charge in [0.2, 0.25) is 0 Å². The highest BCUT2D eigenvalue weighted by molar-refractivity contribution is 5.41. The summed E-state index contributed by atoms with van der Waals surface area (Å²) in [5.41, 5.74) is 2.38. The van der Waals surface area contributed by atoms with Gasteiger partial charge in [0.15, 0.2) is 0 Å². The summed E-state index contributed by atoms with van der Waals surface area (Å²) in [5.74, 6) is 0. The minimum Gasteiger partial charge on any atom is -0.264 e. The van der Waals surface area contributed by atoms with Gasteiger partial charge in [0.25, 0.3) is 0 Å². The Balaban J connectivity index is 2.58. The zero-order chi connectivity index (χ0) is 10.9. The zero-order valence-corrected chi connectivity index (χ0v) is 9.31. The Bertz CT molecular complexity index is 438. The van der Waals surface area contributed by atoms with Crippen molar-refractivity contribution < 1.29 is 0 Å². The summed E-state index contributed by atoms with van der Waals surface area (Å²) in [5, 5.41) is 4.25. The summed E-state index contributed by atoms with van der Waals surface area (Å²) < 4.78 is 1.88. The van der Waals surface area contributed by atoms with Crippen LogP contribution in [0.1, 0.15) is 26.3 Å². The van der Waals surface area contributed by atoms with Gasteiger partial charge in [-0.3, -0.25) is 4.98 Å². The Morgan fingerprint density at radius 3 is 2.60 bits per heavy atom. The first-order chi connectivity index (χ1) is 7.09. The molecule has 15 heavy (non-hydrogen) atoms. The molecule has 0 aliphatic heterocycles. The van der Waals surface area contributed by atoms with Crippen LogP contribution in [-0.4, -0.2) is 14.8 Å². The van der Waals surface area contributed by atoms with Crippen LogP contribution in [-0.2, 0) is 5.41 Å². The first-order valence-electron chi connectivity index (χ1n) is 5.03. The summed E-state index contributed by atoms with van der Waals surface area (Å²) in [6.45, 7) is 6.53. The van der Waals surface area contributed by atoms with Gasteiger partial charge in [0, 0.05) is 30.4 Å². The molecule has 2 aromatic heterocycles. The van der Waals surface area contributed by atoms with Gasteiger partial charge in [0.05, 0.1) is 5.69 Å². The van der Waals surface area contributed by atoms with Crippen LogP contribution in [0, 0.1) is 0 Å². The quantitative estimate of drug-likeness (QED) is 0.710. The molecule has 0 atom stereocenters. The molecule has 2 heterocycles. The first-order valence-corrected chi connectivity index (χ1v) is 5.03. The summed E-state index contributed by atoms with van der Waals surface area (Å²) >= 11 is 0. The third-order valence-corrected chi connectivity index (χ3v) is 2.36. The minimum absolute atomic E-state index is 0.0789. The summed E-state index contributed by atoms with van der Waals surface area (Å²) in [7, 11) is 0. The fourth-order valence-corrected chi connectivity index (χ4v) is 1.58. The zero-order valence-electron chi connectivity index (χ0n) is 9.31.